The molecular weight excluding hydrogens is 222 g/mol. The summed E-state index contributed by atoms with van der Waals surface area (Å²) in [7, 11) is 1.57. The quantitative estimate of drug-likeness (QED) is 0.753. The van der Waals surface area contributed by atoms with E-state index in [0.29, 0.717) is 12.3 Å². The summed E-state index contributed by atoms with van der Waals surface area (Å²) in [6, 6.07) is 7.10. The minimum Gasteiger partial charge on any atom is -0.497 e. The second kappa shape index (κ2) is 4.45. The van der Waals surface area contributed by atoms with Gasteiger partial charge in [0.05, 0.1) is 7.11 Å². The van der Waals surface area contributed by atoms with Crippen molar-refractivity contribution in [3.63, 3.8) is 0 Å². The summed E-state index contributed by atoms with van der Waals surface area (Å²) in [5, 5.41) is 11.6. The first kappa shape index (κ1) is 11.4. The summed E-state index contributed by atoms with van der Waals surface area (Å²) in [5.41, 5.74) is 0.830. The van der Waals surface area contributed by atoms with Gasteiger partial charge in [-0.15, -0.1) is 0 Å². The number of rotatable bonds is 3. The Morgan fingerprint density at radius 2 is 2.06 bits per heavy atom. The van der Waals surface area contributed by atoms with Gasteiger partial charge >= 0.3 is 5.97 Å². The van der Waals surface area contributed by atoms with Crippen LogP contribution in [0.15, 0.2) is 24.3 Å². The summed E-state index contributed by atoms with van der Waals surface area (Å²) in [6.45, 7) is 0.363. The van der Waals surface area contributed by atoms with Gasteiger partial charge in [0.15, 0.2) is 0 Å². The lowest BCUT2D eigenvalue weighted by atomic mass is 9.88. The zero-order valence-corrected chi connectivity index (χ0v) is 9.34. The van der Waals surface area contributed by atoms with Crippen LogP contribution in [0.2, 0.25) is 0 Å². The SMILES string of the molecule is COc1ccc([C@H]2CNC(=O)[C@@H]2C(=O)O)cc1. The van der Waals surface area contributed by atoms with Gasteiger partial charge in [-0.3, -0.25) is 9.59 Å². The van der Waals surface area contributed by atoms with E-state index in [1.807, 2.05) is 0 Å². The highest BCUT2D eigenvalue weighted by Crippen LogP contribution is 2.30. The minimum absolute atomic E-state index is 0.314. The summed E-state index contributed by atoms with van der Waals surface area (Å²) in [5.74, 6) is -2.11. The smallest absolute Gasteiger partial charge is 0.316 e. The number of carboxylic acids is 1. The van der Waals surface area contributed by atoms with Crippen molar-refractivity contribution in [1.82, 2.24) is 5.32 Å². The Morgan fingerprint density at radius 1 is 1.41 bits per heavy atom. The molecule has 1 heterocycles. The van der Waals surface area contributed by atoms with Crippen molar-refractivity contribution < 1.29 is 19.4 Å². The number of aliphatic carboxylic acids is 1. The Balaban J connectivity index is 2.26. The fourth-order valence-electron chi connectivity index (χ4n) is 2.07. The number of amides is 1. The van der Waals surface area contributed by atoms with Crippen molar-refractivity contribution in [2.75, 3.05) is 13.7 Å². The molecule has 0 bridgehead atoms. The summed E-state index contributed by atoms with van der Waals surface area (Å²) in [6.07, 6.45) is 0. The van der Waals surface area contributed by atoms with E-state index in [-0.39, 0.29) is 5.92 Å². The molecule has 1 aliphatic rings. The van der Waals surface area contributed by atoms with Gasteiger partial charge in [0.25, 0.3) is 0 Å². The molecule has 90 valence electrons. The summed E-state index contributed by atoms with van der Waals surface area (Å²) in [4.78, 5) is 22.4. The van der Waals surface area contributed by atoms with Crippen LogP contribution in [-0.2, 0) is 9.59 Å². The van der Waals surface area contributed by atoms with Crippen molar-refractivity contribution in [3.8, 4) is 5.75 Å². The van der Waals surface area contributed by atoms with Crippen molar-refractivity contribution >= 4 is 11.9 Å². The maximum atomic E-state index is 11.4. The van der Waals surface area contributed by atoms with E-state index in [4.69, 9.17) is 9.84 Å². The number of methoxy groups -OCH3 is 1. The fraction of sp³-hybridized carbons (Fsp3) is 0.333. The minimum atomic E-state index is -1.08. The molecule has 1 saturated heterocycles. The normalized spacial score (nSPS) is 23.2. The molecule has 0 unspecified atom stereocenters. The van der Waals surface area contributed by atoms with Gasteiger partial charge in [-0.05, 0) is 17.7 Å². The zero-order chi connectivity index (χ0) is 12.4. The van der Waals surface area contributed by atoms with Crippen molar-refractivity contribution in [1.29, 1.82) is 0 Å². The Morgan fingerprint density at radius 3 is 2.59 bits per heavy atom. The number of ether oxygens (including phenoxy) is 1. The zero-order valence-electron chi connectivity index (χ0n) is 9.34. The molecule has 1 aromatic rings. The van der Waals surface area contributed by atoms with Gasteiger partial charge in [-0.25, -0.2) is 0 Å². The average molecular weight is 235 g/mol. The number of hydrogen-bond donors (Lipinski definition) is 2. The molecule has 0 radical (unpaired) electrons. The van der Waals surface area contributed by atoms with E-state index in [1.54, 1.807) is 31.4 Å². The Kier molecular flexibility index (Phi) is 2.99. The van der Waals surface area contributed by atoms with Gasteiger partial charge < -0.3 is 15.2 Å². The average Bonchev–Trinajstić information content (AvgIpc) is 2.71. The molecule has 2 atom stereocenters. The Hall–Kier alpha value is -2.04. The van der Waals surface area contributed by atoms with E-state index in [0.717, 1.165) is 5.56 Å². The second-order valence-electron chi connectivity index (χ2n) is 3.94. The Labute approximate surface area is 98.4 Å². The molecule has 0 aliphatic carbocycles. The molecule has 1 aliphatic heterocycles. The van der Waals surface area contributed by atoms with Crippen molar-refractivity contribution in [2.24, 2.45) is 5.92 Å². The lowest BCUT2D eigenvalue weighted by Crippen LogP contribution is -2.26. The van der Waals surface area contributed by atoms with E-state index >= 15 is 0 Å². The monoisotopic (exact) mass is 235 g/mol. The lowest BCUT2D eigenvalue weighted by Gasteiger charge is -2.13. The maximum absolute atomic E-state index is 11.4. The first-order valence-electron chi connectivity index (χ1n) is 5.28. The molecule has 1 fully saturated rings. The number of carbonyl (C=O) groups excluding carboxylic acids is 1. The first-order chi connectivity index (χ1) is 8.13. The molecule has 2 rings (SSSR count). The van der Waals surface area contributed by atoms with Crippen LogP contribution in [0, 0.1) is 5.92 Å². The van der Waals surface area contributed by atoms with Crippen LogP contribution in [0.5, 0.6) is 5.75 Å². The van der Waals surface area contributed by atoms with Crippen LogP contribution >= 0.6 is 0 Å². The summed E-state index contributed by atoms with van der Waals surface area (Å²) >= 11 is 0. The number of carbonyl (C=O) groups is 2. The maximum Gasteiger partial charge on any atom is 0.316 e. The largest absolute Gasteiger partial charge is 0.497 e. The predicted molar refractivity (Wildman–Crippen MR) is 59.9 cm³/mol. The molecule has 17 heavy (non-hydrogen) atoms. The van der Waals surface area contributed by atoms with Crippen LogP contribution in [0.25, 0.3) is 0 Å². The number of hydrogen-bond acceptors (Lipinski definition) is 3. The molecular formula is C12H13NO4. The van der Waals surface area contributed by atoms with E-state index in [1.165, 1.54) is 0 Å². The van der Waals surface area contributed by atoms with Gasteiger partial charge in [0, 0.05) is 12.5 Å². The van der Waals surface area contributed by atoms with Gasteiger partial charge in [-0.1, -0.05) is 12.1 Å². The van der Waals surface area contributed by atoms with E-state index in [9.17, 15) is 9.59 Å². The van der Waals surface area contributed by atoms with Gasteiger partial charge in [0.1, 0.15) is 11.7 Å². The highest BCUT2D eigenvalue weighted by atomic mass is 16.5. The van der Waals surface area contributed by atoms with Gasteiger partial charge in [-0.2, -0.15) is 0 Å². The van der Waals surface area contributed by atoms with E-state index < -0.39 is 17.8 Å². The molecule has 2 N–H and O–H groups in total. The Bertz CT molecular complexity index is 440. The highest BCUT2D eigenvalue weighted by Gasteiger charge is 2.40. The fourth-order valence-corrected chi connectivity index (χ4v) is 2.07. The molecule has 0 spiro atoms. The molecule has 0 aromatic heterocycles. The molecule has 5 heteroatoms. The van der Waals surface area contributed by atoms with E-state index in [2.05, 4.69) is 5.32 Å². The third-order valence-electron chi connectivity index (χ3n) is 2.99. The van der Waals surface area contributed by atoms with Crippen LogP contribution in [0.4, 0.5) is 0 Å². The number of benzene rings is 1. The number of carboxylic acid groups (broad SMARTS) is 1. The van der Waals surface area contributed by atoms with Crippen LogP contribution < -0.4 is 10.1 Å². The first-order valence-corrected chi connectivity index (χ1v) is 5.28. The third-order valence-corrected chi connectivity index (χ3v) is 2.99. The van der Waals surface area contributed by atoms with Gasteiger partial charge in [0.2, 0.25) is 5.91 Å². The molecule has 1 amide bonds. The molecule has 1 aromatic carbocycles. The second-order valence-corrected chi connectivity index (χ2v) is 3.94. The van der Waals surface area contributed by atoms with Crippen LogP contribution in [-0.4, -0.2) is 30.6 Å². The number of nitrogens with one attached hydrogen (secondary N) is 1. The van der Waals surface area contributed by atoms with Crippen LogP contribution in [0.3, 0.4) is 0 Å². The topological polar surface area (TPSA) is 75.6 Å². The lowest BCUT2D eigenvalue weighted by molar-refractivity contribution is -0.145. The summed E-state index contributed by atoms with van der Waals surface area (Å²) < 4.78 is 5.03. The molecule has 0 saturated carbocycles. The van der Waals surface area contributed by atoms with Crippen molar-refractivity contribution in [3.05, 3.63) is 29.8 Å². The standard InChI is InChI=1S/C12H13NO4/c1-17-8-4-2-7(3-5-8)9-6-13-11(14)10(9)12(15)16/h2-5,9-10H,6H2,1H3,(H,13,14)(H,15,16)/t9-,10-/m1/s1. The van der Waals surface area contributed by atoms with Crippen LogP contribution in [0.1, 0.15) is 11.5 Å². The van der Waals surface area contributed by atoms with Crippen molar-refractivity contribution in [2.45, 2.75) is 5.92 Å². The molecule has 5 nitrogen and oxygen atoms in total. The third kappa shape index (κ3) is 2.08. The highest BCUT2D eigenvalue weighted by molar-refractivity contribution is 5.99. The predicted octanol–water partition coefficient (Wildman–Crippen LogP) is 0.609.